The molecule has 0 amide bonds. The molecular weight excluding hydrogens is 402 g/mol. The third-order valence-electron chi connectivity index (χ3n) is 3.69. The van der Waals surface area contributed by atoms with Crippen LogP contribution >= 0.6 is 27.3 Å². The van der Waals surface area contributed by atoms with E-state index in [9.17, 15) is 4.79 Å². The normalized spacial score (nSPS) is 11.9. The highest BCUT2D eigenvalue weighted by Gasteiger charge is 2.10. The quantitative estimate of drug-likeness (QED) is 0.519. The lowest BCUT2D eigenvalue weighted by Crippen LogP contribution is -2.22. The van der Waals surface area contributed by atoms with Gasteiger partial charge < -0.3 is 4.74 Å². The number of nitriles is 1. The molecule has 0 bridgehead atoms. The predicted molar refractivity (Wildman–Crippen MR) is 101 cm³/mol. The molecule has 0 atom stereocenters. The first-order valence-electron chi connectivity index (χ1n) is 7.38. The summed E-state index contributed by atoms with van der Waals surface area (Å²) < 4.78 is 8.30. The SMILES string of the molecule is N#CCOc1ccc(/C=c2\sc3nc4ccccc4n3c2=O)cc1Br. The fourth-order valence-electron chi connectivity index (χ4n) is 2.60. The van der Waals surface area contributed by atoms with Gasteiger partial charge in [0, 0.05) is 0 Å². The van der Waals surface area contributed by atoms with Gasteiger partial charge in [-0.15, -0.1) is 0 Å². The van der Waals surface area contributed by atoms with Gasteiger partial charge in [0.1, 0.15) is 11.8 Å². The van der Waals surface area contributed by atoms with Crippen LogP contribution in [0.3, 0.4) is 0 Å². The first kappa shape index (κ1) is 15.8. The van der Waals surface area contributed by atoms with Crippen LogP contribution < -0.4 is 14.8 Å². The van der Waals surface area contributed by atoms with E-state index in [1.54, 1.807) is 10.5 Å². The van der Waals surface area contributed by atoms with Crippen molar-refractivity contribution in [2.24, 2.45) is 0 Å². The lowest BCUT2D eigenvalue weighted by Gasteiger charge is -2.04. The van der Waals surface area contributed by atoms with E-state index in [2.05, 4.69) is 20.9 Å². The minimum atomic E-state index is -0.0744. The number of nitrogens with zero attached hydrogens (tertiary/aromatic N) is 3. The lowest BCUT2D eigenvalue weighted by molar-refractivity contribution is 0.366. The second kappa shape index (κ2) is 6.31. The second-order valence-electron chi connectivity index (χ2n) is 5.27. The van der Waals surface area contributed by atoms with E-state index in [4.69, 9.17) is 10.00 Å². The van der Waals surface area contributed by atoms with Crippen LogP contribution in [0.4, 0.5) is 0 Å². The number of hydrogen-bond acceptors (Lipinski definition) is 5. The van der Waals surface area contributed by atoms with Crippen LogP contribution in [0.2, 0.25) is 0 Å². The molecule has 0 radical (unpaired) electrons. The van der Waals surface area contributed by atoms with Crippen LogP contribution in [0.25, 0.3) is 22.1 Å². The Balaban J connectivity index is 1.82. The summed E-state index contributed by atoms with van der Waals surface area (Å²) >= 11 is 4.78. The highest BCUT2D eigenvalue weighted by atomic mass is 79.9. The molecule has 7 heteroatoms. The Kier molecular flexibility index (Phi) is 3.99. The second-order valence-corrected chi connectivity index (χ2v) is 7.13. The Bertz CT molecular complexity index is 1250. The average molecular weight is 412 g/mol. The van der Waals surface area contributed by atoms with E-state index in [0.29, 0.717) is 15.2 Å². The zero-order valence-corrected chi connectivity index (χ0v) is 15.2. The molecule has 0 aliphatic rings. The zero-order valence-electron chi connectivity index (χ0n) is 12.8. The smallest absolute Gasteiger partial charge is 0.274 e. The summed E-state index contributed by atoms with van der Waals surface area (Å²) in [7, 11) is 0. The number of halogens is 1. The van der Waals surface area contributed by atoms with Crippen molar-refractivity contribution in [3.63, 3.8) is 0 Å². The molecule has 0 aliphatic heterocycles. The summed E-state index contributed by atoms with van der Waals surface area (Å²) in [5.41, 5.74) is 2.43. The topological polar surface area (TPSA) is 67.4 Å². The molecule has 4 aromatic rings. The van der Waals surface area contributed by atoms with Crippen molar-refractivity contribution >= 4 is 49.3 Å². The van der Waals surface area contributed by atoms with E-state index < -0.39 is 0 Å². The third kappa shape index (κ3) is 2.80. The van der Waals surface area contributed by atoms with E-state index in [0.717, 1.165) is 21.1 Å². The summed E-state index contributed by atoms with van der Waals surface area (Å²) in [5.74, 6) is 0.591. The number of aromatic nitrogens is 2. The summed E-state index contributed by atoms with van der Waals surface area (Å²) in [4.78, 5) is 17.9. The number of rotatable bonds is 3. The fraction of sp³-hybridized carbons (Fsp3) is 0.0556. The number of imidazole rings is 1. The van der Waals surface area contributed by atoms with E-state index >= 15 is 0 Å². The van der Waals surface area contributed by atoms with E-state index in [1.807, 2.05) is 48.5 Å². The average Bonchev–Trinajstić information content (AvgIpc) is 3.11. The summed E-state index contributed by atoms with van der Waals surface area (Å²) in [6.45, 7) is -0.0123. The van der Waals surface area contributed by atoms with Crippen molar-refractivity contribution in [3.8, 4) is 11.8 Å². The van der Waals surface area contributed by atoms with Gasteiger partial charge >= 0.3 is 0 Å². The molecule has 4 rings (SSSR count). The number of hydrogen-bond donors (Lipinski definition) is 0. The molecule has 2 aromatic heterocycles. The third-order valence-corrected chi connectivity index (χ3v) is 5.28. The van der Waals surface area contributed by atoms with Crippen molar-refractivity contribution in [2.75, 3.05) is 6.61 Å². The van der Waals surface area contributed by atoms with Crippen LogP contribution in [0, 0.1) is 11.3 Å². The van der Waals surface area contributed by atoms with E-state index in [1.165, 1.54) is 11.3 Å². The minimum absolute atomic E-state index is 0.0123. The van der Waals surface area contributed by atoms with Crippen molar-refractivity contribution in [1.82, 2.24) is 9.38 Å². The Hall–Kier alpha value is -2.69. The fourth-order valence-corrected chi connectivity index (χ4v) is 4.10. The highest BCUT2D eigenvalue weighted by molar-refractivity contribution is 9.10. The van der Waals surface area contributed by atoms with Gasteiger partial charge in [0.25, 0.3) is 5.56 Å². The number of thiazole rings is 1. The van der Waals surface area contributed by atoms with Crippen LogP contribution in [-0.2, 0) is 0 Å². The van der Waals surface area contributed by atoms with Gasteiger partial charge in [-0.25, -0.2) is 9.38 Å². The molecule has 2 heterocycles. The largest absolute Gasteiger partial charge is 0.478 e. The Morgan fingerprint density at radius 2 is 2.16 bits per heavy atom. The first-order chi connectivity index (χ1) is 12.2. The Morgan fingerprint density at radius 1 is 1.32 bits per heavy atom. The van der Waals surface area contributed by atoms with Crippen molar-refractivity contribution < 1.29 is 4.74 Å². The minimum Gasteiger partial charge on any atom is -0.478 e. The maximum absolute atomic E-state index is 12.7. The van der Waals surface area contributed by atoms with E-state index in [-0.39, 0.29) is 12.2 Å². The molecule has 0 saturated carbocycles. The summed E-state index contributed by atoms with van der Waals surface area (Å²) in [6, 6.07) is 15.0. The van der Waals surface area contributed by atoms with Crippen LogP contribution in [-0.4, -0.2) is 16.0 Å². The predicted octanol–water partition coefficient (Wildman–Crippen LogP) is 3.12. The van der Waals surface area contributed by atoms with Crippen molar-refractivity contribution in [2.45, 2.75) is 0 Å². The molecule has 0 fully saturated rings. The molecule has 0 unspecified atom stereocenters. The maximum Gasteiger partial charge on any atom is 0.274 e. The number of ether oxygens (including phenoxy) is 1. The first-order valence-corrected chi connectivity index (χ1v) is 8.99. The lowest BCUT2D eigenvalue weighted by atomic mass is 10.2. The van der Waals surface area contributed by atoms with Gasteiger partial charge in [0.15, 0.2) is 11.6 Å². The van der Waals surface area contributed by atoms with Crippen molar-refractivity contribution in [1.29, 1.82) is 5.26 Å². The van der Waals surface area contributed by atoms with Gasteiger partial charge in [-0.2, -0.15) is 5.26 Å². The van der Waals surface area contributed by atoms with Gasteiger partial charge in [0.2, 0.25) is 0 Å². The number of fused-ring (bicyclic) bond motifs is 3. The highest BCUT2D eigenvalue weighted by Crippen LogP contribution is 2.26. The van der Waals surface area contributed by atoms with Gasteiger partial charge in [-0.1, -0.05) is 29.5 Å². The van der Waals surface area contributed by atoms with Gasteiger partial charge in [-0.05, 0) is 51.8 Å². The van der Waals surface area contributed by atoms with Crippen molar-refractivity contribution in [3.05, 3.63) is 67.4 Å². The molecular formula is C18H10BrN3O2S. The standard InChI is InChI=1S/C18H10BrN3O2S/c19-12-9-11(5-6-15(12)24-8-7-20)10-16-17(23)22-14-4-2-1-3-13(14)21-18(22)25-16/h1-6,9-10H,8H2/b16-10-. The Labute approximate surface area is 154 Å². The molecule has 0 aliphatic carbocycles. The number of para-hydroxylation sites is 2. The van der Waals surface area contributed by atoms with Crippen LogP contribution in [0.1, 0.15) is 5.56 Å². The molecule has 0 saturated heterocycles. The van der Waals surface area contributed by atoms with Crippen LogP contribution in [0.15, 0.2) is 51.7 Å². The van der Waals surface area contributed by atoms with Gasteiger partial charge in [0.05, 0.1) is 20.0 Å². The molecule has 0 spiro atoms. The zero-order chi connectivity index (χ0) is 17.4. The summed E-state index contributed by atoms with van der Waals surface area (Å²) in [6.07, 6.45) is 1.83. The molecule has 2 aromatic carbocycles. The maximum atomic E-state index is 12.7. The number of benzene rings is 2. The molecule has 25 heavy (non-hydrogen) atoms. The Morgan fingerprint density at radius 3 is 2.96 bits per heavy atom. The molecule has 122 valence electrons. The molecule has 0 N–H and O–H groups in total. The van der Waals surface area contributed by atoms with Crippen LogP contribution in [0.5, 0.6) is 5.75 Å². The monoisotopic (exact) mass is 411 g/mol. The van der Waals surface area contributed by atoms with Gasteiger partial charge in [-0.3, -0.25) is 4.79 Å². The summed E-state index contributed by atoms with van der Waals surface area (Å²) in [5, 5.41) is 8.58. The molecule has 5 nitrogen and oxygen atoms in total.